The number of hydrogen-bond acceptors (Lipinski definition) is 6. The minimum Gasteiger partial charge on any atom is -0.493 e. The fraction of sp³-hybridized carbons (Fsp3) is 0.118. The van der Waals surface area contributed by atoms with Crippen LogP contribution in [0.2, 0.25) is 0 Å². The van der Waals surface area contributed by atoms with Gasteiger partial charge in [-0.05, 0) is 34.1 Å². The van der Waals surface area contributed by atoms with Crippen LogP contribution in [-0.4, -0.2) is 24.2 Å². The lowest BCUT2D eigenvalue weighted by Gasteiger charge is -2.12. The number of nitrogens with one attached hydrogen (secondary N) is 1. The molecule has 6 nitrogen and oxygen atoms in total. The van der Waals surface area contributed by atoms with Crippen molar-refractivity contribution in [3.8, 4) is 17.6 Å². The fourth-order valence-electron chi connectivity index (χ4n) is 2.30. The average Bonchev–Trinajstić information content (AvgIpc) is 2.60. The van der Waals surface area contributed by atoms with E-state index in [2.05, 4.69) is 37.3 Å². The summed E-state index contributed by atoms with van der Waals surface area (Å²) in [4.78, 5) is 8.63. The van der Waals surface area contributed by atoms with E-state index in [1.165, 1.54) is 0 Å². The number of benzene rings is 1. The van der Waals surface area contributed by atoms with Gasteiger partial charge in [-0.2, -0.15) is 5.26 Å². The van der Waals surface area contributed by atoms with E-state index in [1.54, 1.807) is 44.8 Å². The molecule has 0 atom stereocenters. The van der Waals surface area contributed by atoms with Gasteiger partial charge in [-0.1, -0.05) is 0 Å². The number of hydrogen-bond donors (Lipinski definition) is 1. The van der Waals surface area contributed by atoms with Gasteiger partial charge in [0.2, 0.25) is 0 Å². The lowest BCUT2D eigenvalue weighted by molar-refractivity contribution is 0.356. The molecule has 0 fully saturated rings. The highest BCUT2D eigenvalue weighted by Gasteiger charge is 2.12. The number of nitrogens with zero attached hydrogens (tertiary/aromatic N) is 3. The van der Waals surface area contributed by atoms with E-state index in [-0.39, 0.29) is 0 Å². The molecule has 0 saturated heterocycles. The van der Waals surface area contributed by atoms with E-state index in [0.717, 1.165) is 15.5 Å². The highest BCUT2D eigenvalue weighted by molar-refractivity contribution is 9.10. The Bertz CT molecular complexity index is 953. The molecule has 0 saturated carbocycles. The van der Waals surface area contributed by atoms with Gasteiger partial charge in [-0.15, -0.1) is 0 Å². The van der Waals surface area contributed by atoms with Gasteiger partial charge < -0.3 is 14.8 Å². The number of halogens is 1. The molecule has 2 heterocycles. The third-order valence-electron chi connectivity index (χ3n) is 3.41. The summed E-state index contributed by atoms with van der Waals surface area (Å²) in [7, 11) is 3.14. The Morgan fingerprint density at radius 1 is 1.08 bits per heavy atom. The number of ether oxygens (including phenoxy) is 2. The number of anilines is 2. The fourth-order valence-corrected chi connectivity index (χ4v) is 2.66. The first-order valence-corrected chi connectivity index (χ1v) is 7.78. The smallest absolute Gasteiger partial charge is 0.162 e. The molecule has 0 aliphatic rings. The first-order chi connectivity index (χ1) is 11.6. The second-order valence-electron chi connectivity index (χ2n) is 4.91. The molecule has 3 rings (SSSR count). The zero-order valence-electron chi connectivity index (χ0n) is 13.0. The van der Waals surface area contributed by atoms with E-state index in [1.807, 2.05) is 6.07 Å². The minimum atomic E-state index is 0.426. The van der Waals surface area contributed by atoms with Gasteiger partial charge >= 0.3 is 0 Å². The summed E-state index contributed by atoms with van der Waals surface area (Å²) < 4.78 is 11.4. The quantitative estimate of drug-likeness (QED) is 0.731. The van der Waals surface area contributed by atoms with Gasteiger partial charge in [-0.25, -0.2) is 4.98 Å². The number of pyridine rings is 2. The molecule has 0 unspecified atom stereocenters. The number of fused-ring (bicyclic) bond motifs is 1. The van der Waals surface area contributed by atoms with Gasteiger partial charge in [0.25, 0.3) is 0 Å². The SMILES string of the molecule is COc1cc2cc(C#N)c(Nc3cncc(Br)c3)nc2cc1OC. The molecular formula is C17H13BrN4O2. The van der Waals surface area contributed by atoms with E-state index in [4.69, 9.17) is 9.47 Å². The zero-order chi connectivity index (χ0) is 17.1. The Morgan fingerprint density at radius 3 is 2.50 bits per heavy atom. The summed E-state index contributed by atoms with van der Waals surface area (Å²) in [6, 6.07) is 9.35. The second kappa shape index (κ2) is 6.72. The standard InChI is InChI=1S/C17H13BrN4O2/c1-23-15-4-10-3-11(7-19)17(22-14(10)6-16(15)24-2)21-13-5-12(18)8-20-9-13/h3-6,8-9H,1-2H3,(H,21,22). The van der Waals surface area contributed by atoms with Crippen LogP contribution in [0, 0.1) is 11.3 Å². The normalized spacial score (nSPS) is 10.2. The van der Waals surface area contributed by atoms with Crippen LogP contribution in [0.25, 0.3) is 10.9 Å². The maximum absolute atomic E-state index is 9.43. The molecule has 1 aromatic carbocycles. The molecule has 0 amide bonds. The molecule has 7 heteroatoms. The Balaban J connectivity index is 2.12. The summed E-state index contributed by atoms with van der Waals surface area (Å²) in [5.74, 6) is 1.63. The van der Waals surface area contributed by atoms with Crippen molar-refractivity contribution in [1.82, 2.24) is 9.97 Å². The van der Waals surface area contributed by atoms with Crippen LogP contribution < -0.4 is 14.8 Å². The molecule has 0 aliphatic carbocycles. The molecule has 120 valence electrons. The van der Waals surface area contributed by atoms with Crippen molar-refractivity contribution in [2.45, 2.75) is 0 Å². The van der Waals surface area contributed by atoms with Gasteiger partial charge in [0.15, 0.2) is 11.5 Å². The average molecular weight is 385 g/mol. The van der Waals surface area contributed by atoms with Crippen molar-refractivity contribution >= 4 is 38.3 Å². The van der Waals surface area contributed by atoms with E-state index < -0.39 is 0 Å². The molecular weight excluding hydrogens is 372 g/mol. The molecule has 3 aromatic rings. The summed E-state index contributed by atoms with van der Waals surface area (Å²) in [5, 5.41) is 13.3. The van der Waals surface area contributed by atoms with E-state index in [9.17, 15) is 5.26 Å². The number of aromatic nitrogens is 2. The third-order valence-corrected chi connectivity index (χ3v) is 3.84. The number of nitriles is 1. The van der Waals surface area contributed by atoms with E-state index >= 15 is 0 Å². The van der Waals surface area contributed by atoms with Gasteiger partial charge in [-0.3, -0.25) is 4.98 Å². The number of rotatable bonds is 4. The Hall–Kier alpha value is -2.85. The largest absolute Gasteiger partial charge is 0.493 e. The highest BCUT2D eigenvalue weighted by atomic mass is 79.9. The van der Waals surface area contributed by atoms with Crippen LogP contribution >= 0.6 is 15.9 Å². The van der Waals surface area contributed by atoms with Crippen LogP contribution in [0.3, 0.4) is 0 Å². The second-order valence-corrected chi connectivity index (χ2v) is 5.83. The van der Waals surface area contributed by atoms with Gasteiger partial charge in [0.05, 0.1) is 37.2 Å². The van der Waals surface area contributed by atoms with Gasteiger partial charge in [0, 0.05) is 22.1 Å². The maximum atomic E-state index is 9.43. The van der Waals surface area contributed by atoms with Crippen LogP contribution in [0.15, 0.2) is 41.1 Å². The monoisotopic (exact) mass is 384 g/mol. The third kappa shape index (κ3) is 3.09. The Kier molecular flexibility index (Phi) is 4.49. The molecule has 0 radical (unpaired) electrons. The maximum Gasteiger partial charge on any atom is 0.162 e. The summed E-state index contributed by atoms with van der Waals surface area (Å²) in [6.07, 6.45) is 3.34. The van der Waals surface area contributed by atoms with Crippen LogP contribution in [0.1, 0.15) is 5.56 Å². The lowest BCUT2D eigenvalue weighted by atomic mass is 10.1. The van der Waals surface area contributed by atoms with Crippen molar-refractivity contribution < 1.29 is 9.47 Å². The molecule has 1 N–H and O–H groups in total. The predicted molar refractivity (Wildman–Crippen MR) is 94.8 cm³/mol. The van der Waals surface area contributed by atoms with E-state index in [0.29, 0.717) is 28.4 Å². The van der Waals surface area contributed by atoms with Crippen LogP contribution in [0.5, 0.6) is 11.5 Å². The van der Waals surface area contributed by atoms with Crippen molar-refractivity contribution in [3.63, 3.8) is 0 Å². The molecule has 0 aliphatic heterocycles. The summed E-state index contributed by atoms with van der Waals surface area (Å²) in [5.41, 5.74) is 1.85. The van der Waals surface area contributed by atoms with Crippen molar-refractivity contribution in [1.29, 1.82) is 5.26 Å². The molecule has 2 aromatic heterocycles. The zero-order valence-corrected chi connectivity index (χ0v) is 14.6. The van der Waals surface area contributed by atoms with Crippen molar-refractivity contribution in [2.24, 2.45) is 0 Å². The highest BCUT2D eigenvalue weighted by Crippen LogP contribution is 2.33. The Morgan fingerprint density at radius 2 is 1.83 bits per heavy atom. The summed E-state index contributed by atoms with van der Waals surface area (Å²) >= 11 is 3.37. The minimum absolute atomic E-state index is 0.426. The lowest BCUT2D eigenvalue weighted by Crippen LogP contribution is -1.99. The first-order valence-electron chi connectivity index (χ1n) is 6.99. The van der Waals surface area contributed by atoms with Crippen molar-refractivity contribution in [2.75, 3.05) is 19.5 Å². The van der Waals surface area contributed by atoms with Crippen molar-refractivity contribution in [3.05, 3.63) is 46.7 Å². The molecule has 0 spiro atoms. The molecule has 24 heavy (non-hydrogen) atoms. The van der Waals surface area contributed by atoms with Crippen LogP contribution in [0.4, 0.5) is 11.5 Å². The van der Waals surface area contributed by atoms with Gasteiger partial charge in [0.1, 0.15) is 11.9 Å². The summed E-state index contributed by atoms with van der Waals surface area (Å²) in [6.45, 7) is 0. The topological polar surface area (TPSA) is 80.1 Å². The first kappa shape index (κ1) is 16.0. The number of methoxy groups -OCH3 is 2. The van der Waals surface area contributed by atoms with Crippen LogP contribution in [-0.2, 0) is 0 Å². The predicted octanol–water partition coefficient (Wildman–Crippen LogP) is 4.02. The molecule has 0 bridgehead atoms. The Labute approximate surface area is 147 Å².